The monoisotopic (exact) mass is 163 g/mol. The second-order valence-corrected chi connectivity index (χ2v) is 3.57. The highest BCUT2D eigenvalue weighted by Gasteiger charge is 2.77. The van der Waals surface area contributed by atoms with E-state index in [9.17, 15) is 4.79 Å². The molecule has 0 spiro atoms. The highest BCUT2D eigenvalue weighted by atomic mass is 16.1. The number of nitrogens with two attached hydrogens (primary N) is 1. The molecular formula is C8H9N3O. The van der Waals surface area contributed by atoms with Crippen molar-refractivity contribution in [3.05, 3.63) is 0 Å². The van der Waals surface area contributed by atoms with Crippen molar-refractivity contribution in [2.24, 2.45) is 22.5 Å². The van der Waals surface area contributed by atoms with E-state index in [0.29, 0.717) is 0 Å². The first-order valence-corrected chi connectivity index (χ1v) is 3.56. The highest BCUT2D eigenvalue weighted by Crippen LogP contribution is 2.67. The van der Waals surface area contributed by atoms with E-state index in [2.05, 4.69) is 0 Å². The van der Waals surface area contributed by atoms with Crippen LogP contribution in [0, 0.1) is 39.4 Å². The fourth-order valence-corrected chi connectivity index (χ4v) is 1.75. The largest absolute Gasteiger partial charge is 0.368 e. The fraction of sp³-hybridized carbons (Fsp3) is 0.625. The predicted molar refractivity (Wildman–Crippen MR) is 40.1 cm³/mol. The van der Waals surface area contributed by atoms with Gasteiger partial charge in [-0.25, -0.2) is 0 Å². The molecule has 1 aliphatic carbocycles. The van der Waals surface area contributed by atoms with Crippen LogP contribution in [0.4, 0.5) is 0 Å². The van der Waals surface area contributed by atoms with Crippen molar-refractivity contribution in [1.29, 1.82) is 10.5 Å². The van der Waals surface area contributed by atoms with Gasteiger partial charge in [0.05, 0.1) is 18.1 Å². The lowest BCUT2D eigenvalue weighted by molar-refractivity contribution is -0.122. The summed E-state index contributed by atoms with van der Waals surface area (Å²) in [4.78, 5) is 10.9. The van der Waals surface area contributed by atoms with E-state index >= 15 is 0 Å². The normalized spacial score (nSPS) is 36.2. The third-order valence-corrected chi connectivity index (χ3v) is 2.78. The Morgan fingerprint density at radius 1 is 1.50 bits per heavy atom. The van der Waals surface area contributed by atoms with Crippen molar-refractivity contribution in [3.63, 3.8) is 0 Å². The molecule has 0 aromatic rings. The Morgan fingerprint density at radius 2 is 2.00 bits per heavy atom. The molecule has 0 saturated heterocycles. The van der Waals surface area contributed by atoms with E-state index < -0.39 is 22.7 Å². The standard InChI is InChI=1S/C8H9N3O/c1-7(2)5(3-9)8(7,4-10)6(11)12/h5H,1-2H3,(H2,11,12)/t5-,8+/m0/s1. The second kappa shape index (κ2) is 1.98. The average Bonchev–Trinajstić information content (AvgIpc) is 2.47. The number of primary amides is 1. The third-order valence-electron chi connectivity index (χ3n) is 2.78. The van der Waals surface area contributed by atoms with Gasteiger partial charge in [-0.2, -0.15) is 10.5 Å². The molecule has 2 N–H and O–H groups in total. The van der Waals surface area contributed by atoms with Crippen LogP contribution < -0.4 is 5.73 Å². The number of hydrogen-bond acceptors (Lipinski definition) is 3. The number of nitrogens with zero attached hydrogens (tertiary/aromatic N) is 2. The molecule has 1 fully saturated rings. The summed E-state index contributed by atoms with van der Waals surface area (Å²) in [5, 5.41) is 17.4. The lowest BCUT2D eigenvalue weighted by Gasteiger charge is -2.04. The van der Waals surface area contributed by atoms with E-state index in [4.69, 9.17) is 16.3 Å². The number of rotatable bonds is 1. The maximum atomic E-state index is 10.9. The Kier molecular flexibility index (Phi) is 1.41. The van der Waals surface area contributed by atoms with Crippen LogP contribution in [-0.2, 0) is 4.79 Å². The Hall–Kier alpha value is -1.55. The predicted octanol–water partition coefficient (Wildman–Crippen LogP) is 0.161. The summed E-state index contributed by atoms with van der Waals surface area (Å²) in [5.74, 6) is -1.26. The van der Waals surface area contributed by atoms with Gasteiger partial charge in [-0.15, -0.1) is 0 Å². The molecule has 0 aromatic heterocycles. The van der Waals surface area contributed by atoms with E-state index in [1.165, 1.54) is 0 Å². The van der Waals surface area contributed by atoms with E-state index in [1.807, 2.05) is 12.1 Å². The summed E-state index contributed by atoms with van der Waals surface area (Å²) < 4.78 is 0. The van der Waals surface area contributed by atoms with Crippen LogP contribution in [0.1, 0.15) is 13.8 Å². The Bertz CT molecular complexity index is 320. The number of carbonyl (C=O) groups is 1. The van der Waals surface area contributed by atoms with Gasteiger partial charge in [0.1, 0.15) is 0 Å². The van der Waals surface area contributed by atoms with E-state index in [0.717, 1.165) is 0 Å². The molecule has 1 rings (SSSR count). The summed E-state index contributed by atoms with van der Waals surface area (Å²) in [6, 6.07) is 3.78. The lowest BCUT2D eigenvalue weighted by Crippen LogP contribution is -2.28. The molecule has 0 aromatic carbocycles. The first-order valence-electron chi connectivity index (χ1n) is 3.56. The van der Waals surface area contributed by atoms with Crippen LogP contribution in [0.3, 0.4) is 0 Å². The molecule has 62 valence electrons. The van der Waals surface area contributed by atoms with Crippen molar-refractivity contribution in [2.75, 3.05) is 0 Å². The van der Waals surface area contributed by atoms with Gasteiger partial charge < -0.3 is 5.73 Å². The molecule has 0 radical (unpaired) electrons. The molecule has 0 aliphatic heterocycles. The van der Waals surface area contributed by atoms with Gasteiger partial charge in [0.2, 0.25) is 5.91 Å². The van der Waals surface area contributed by atoms with Gasteiger partial charge in [-0.3, -0.25) is 4.79 Å². The molecule has 2 atom stereocenters. The van der Waals surface area contributed by atoms with Crippen LogP contribution in [0.5, 0.6) is 0 Å². The fourth-order valence-electron chi connectivity index (χ4n) is 1.75. The van der Waals surface area contributed by atoms with Gasteiger partial charge in [-0.05, 0) is 0 Å². The number of amides is 1. The van der Waals surface area contributed by atoms with Gasteiger partial charge in [0.25, 0.3) is 0 Å². The number of hydrogen-bond donors (Lipinski definition) is 1. The van der Waals surface area contributed by atoms with Crippen LogP contribution in [0.15, 0.2) is 0 Å². The Labute approximate surface area is 70.6 Å². The maximum Gasteiger partial charge on any atom is 0.239 e. The molecule has 0 unspecified atom stereocenters. The maximum absolute atomic E-state index is 10.9. The molecule has 4 nitrogen and oxygen atoms in total. The topological polar surface area (TPSA) is 90.7 Å². The van der Waals surface area contributed by atoms with Crippen LogP contribution >= 0.6 is 0 Å². The van der Waals surface area contributed by atoms with Gasteiger partial charge in [-0.1, -0.05) is 13.8 Å². The van der Waals surface area contributed by atoms with Crippen LogP contribution in [-0.4, -0.2) is 5.91 Å². The SMILES string of the molecule is CC1(C)[C@H](C#N)[C@]1(C#N)C(N)=O. The zero-order valence-electron chi connectivity index (χ0n) is 6.96. The molecule has 0 heterocycles. The molecular weight excluding hydrogens is 154 g/mol. The zero-order chi connectivity index (χ0) is 9.57. The second-order valence-electron chi connectivity index (χ2n) is 3.57. The van der Waals surface area contributed by atoms with Crippen molar-refractivity contribution in [1.82, 2.24) is 0 Å². The minimum Gasteiger partial charge on any atom is -0.368 e. The minimum atomic E-state index is -1.26. The van der Waals surface area contributed by atoms with Gasteiger partial charge in [0.15, 0.2) is 5.41 Å². The lowest BCUT2D eigenvalue weighted by atomic mass is 9.97. The van der Waals surface area contributed by atoms with E-state index in [1.54, 1.807) is 13.8 Å². The molecule has 4 heteroatoms. The van der Waals surface area contributed by atoms with Crippen LogP contribution in [0.25, 0.3) is 0 Å². The minimum absolute atomic E-state index is 0.563. The Balaban J connectivity index is 3.15. The summed E-state index contributed by atoms with van der Waals surface area (Å²) in [5.41, 5.74) is 3.22. The van der Waals surface area contributed by atoms with E-state index in [-0.39, 0.29) is 0 Å². The zero-order valence-corrected chi connectivity index (χ0v) is 6.96. The molecule has 1 saturated carbocycles. The van der Waals surface area contributed by atoms with Gasteiger partial charge >= 0.3 is 0 Å². The van der Waals surface area contributed by atoms with Crippen molar-refractivity contribution < 1.29 is 4.79 Å². The average molecular weight is 163 g/mol. The quantitative estimate of drug-likeness (QED) is 0.596. The smallest absolute Gasteiger partial charge is 0.239 e. The van der Waals surface area contributed by atoms with Crippen molar-refractivity contribution in [2.45, 2.75) is 13.8 Å². The van der Waals surface area contributed by atoms with Crippen molar-refractivity contribution in [3.8, 4) is 12.1 Å². The summed E-state index contributed by atoms with van der Waals surface area (Å²) >= 11 is 0. The number of nitriles is 2. The molecule has 1 aliphatic rings. The molecule has 12 heavy (non-hydrogen) atoms. The summed E-state index contributed by atoms with van der Waals surface area (Å²) in [6.45, 7) is 3.41. The third kappa shape index (κ3) is 0.579. The summed E-state index contributed by atoms with van der Waals surface area (Å²) in [6.07, 6.45) is 0. The first kappa shape index (κ1) is 8.55. The van der Waals surface area contributed by atoms with Gasteiger partial charge in [0, 0.05) is 5.41 Å². The Morgan fingerprint density at radius 3 is 2.08 bits per heavy atom. The molecule has 0 bridgehead atoms. The highest BCUT2D eigenvalue weighted by molar-refractivity contribution is 5.90. The summed E-state index contributed by atoms with van der Waals surface area (Å²) in [7, 11) is 0. The number of carbonyl (C=O) groups excluding carboxylic acids is 1. The van der Waals surface area contributed by atoms with Crippen molar-refractivity contribution >= 4 is 5.91 Å². The molecule has 1 amide bonds. The first-order chi connectivity index (χ1) is 5.45. The van der Waals surface area contributed by atoms with Crippen LogP contribution in [0.2, 0.25) is 0 Å².